The van der Waals surface area contributed by atoms with E-state index in [1.54, 1.807) is 30.5 Å². The monoisotopic (exact) mass is 341 g/mol. The van der Waals surface area contributed by atoms with E-state index in [9.17, 15) is 9.18 Å². The third-order valence-corrected chi connectivity index (χ3v) is 4.30. The van der Waals surface area contributed by atoms with Crippen molar-refractivity contribution < 1.29 is 9.18 Å². The molecular formula is C18H16FN3OS. The van der Waals surface area contributed by atoms with Gasteiger partial charge in [-0.15, -0.1) is 11.3 Å². The molecule has 0 unspecified atom stereocenters. The Morgan fingerprint density at radius 3 is 2.71 bits per heavy atom. The zero-order chi connectivity index (χ0) is 16.8. The molecule has 2 N–H and O–H groups in total. The molecule has 0 fully saturated rings. The van der Waals surface area contributed by atoms with Crippen molar-refractivity contribution in [2.45, 2.75) is 6.42 Å². The molecule has 1 aromatic carbocycles. The van der Waals surface area contributed by atoms with Gasteiger partial charge in [-0.05, 0) is 41.6 Å². The van der Waals surface area contributed by atoms with Gasteiger partial charge in [0.15, 0.2) is 0 Å². The van der Waals surface area contributed by atoms with E-state index in [0.717, 1.165) is 5.69 Å². The number of aromatic nitrogens is 1. The summed E-state index contributed by atoms with van der Waals surface area (Å²) in [4.78, 5) is 16.8. The first kappa shape index (κ1) is 16.1. The van der Waals surface area contributed by atoms with Gasteiger partial charge in [0.25, 0.3) is 5.91 Å². The summed E-state index contributed by atoms with van der Waals surface area (Å²) in [5.41, 5.74) is 1.50. The highest BCUT2D eigenvalue weighted by molar-refractivity contribution is 7.12. The van der Waals surface area contributed by atoms with Crippen molar-refractivity contribution in [3.63, 3.8) is 0 Å². The van der Waals surface area contributed by atoms with Gasteiger partial charge in [0.2, 0.25) is 0 Å². The SMILES string of the molecule is O=C(Nc1ccc(NCCc2ccccc2F)cn1)c1cccs1. The number of carbonyl (C=O) groups excluding carboxylic acids is 1. The van der Waals surface area contributed by atoms with Crippen LogP contribution in [0.3, 0.4) is 0 Å². The first-order chi connectivity index (χ1) is 11.7. The molecule has 3 aromatic rings. The topological polar surface area (TPSA) is 54.0 Å². The van der Waals surface area contributed by atoms with Crippen LogP contribution in [0.25, 0.3) is 0 Å². The number of hydrogen-bond acceptors (Lipinski definition) is 4. The molecule has 0 spiro atoms. The van der Waals surface area contributed by atoms with Gasteiger partial charge in [-0.2, -0.15) is 0 Å². The molecule has 0 aliphatic rings. The molecule has 2 aromatic heterocycles. The van der Waals surface area contributed by atoms with Crippen molar-refractivity contribution >= 4 is 28.7 Å². The number of carbonyl (C=O) groups is 1. The second kappa shape index (κ2) is 7.70. The third-order valence-electron chi connectivity index (χ3n) is 3.43. The van der Waals surface area contributed by atoms with Crippen LogP contribution in [-0.4, -0.2) is 17.4 Å². The lowest BCUT2D eigenvalue weighted by molar-refractivity contribution is 0.103. The highest BCUT2D eigenvalue weighted by atomic mass is 32.1. The zero-order valence-electron chi connectivity index (χ0n) is 12.8. The normalized spacial score (nSPS) is 10.4. The van der Waals surface area contributed by atoms with Crippen LogP contribution in [0.4, 0.5) is 15.9 Å². The van der Waals surface area contributed by atoms with Crippen LogP contribution >= 0.6 is 11.3 Å². The van der Waals surface area contributed by atoms with Crippen molar-refractivity contribution in [3.05, 3.63) is 76.4 Å². The lowest BCUT2D eigenvalue weighted by atomic mass is 10.1. The third kappa shape index (κ3) is 4.17. The molecule has 122 valence electrons. The average molecular weight is 341 g/mol. The van der Waals surface area contributed by atoms with Crippen LogP contribution in [0, 0.1) is 5.82 Å². The summed E-state index contributed by atoms with van der Waals surface area (Å²) < 4.78 is 13.5. The van der Waals surface area contributed by atoms with Crippen LogP contribution < -0.4 is 10.6 Å². The summed E-state index contributed by atoms with van der Waals surface area (Å²) in [6.07, 6.45) is 2.23. The first-order valence-corrected chi connectivity index (χ1v) is 8.38. The van der Waals surface area contributed by atoms with Crippen LogP contribution in [0.15, 0.2) is 60.1 Å². The maximum absolute atomic E-state index is 13.5. The summed E-state index contributed by atoms with van der Waals surface area (Å²) in [6, 6.07) is 13.9. The van der Waals surface area contributed by atoms with Crippen LogP contribution in [0.1, 0.15) is 15.2 Å². The molecule has 0 saturated carbocycles. The predicted octanol–water partition coefficient (Wildman–Crippen LogP) is 4.19. The Morgan fingerprint density at radius 2 is 2.00 bits per heavy atom. The Balaban J connectivity index is 1.51. The molecule has 0 saturated heterocycles. The number of nitrogens with zero attached hydrogens (tertiary/aromatic N) is 1. The molecule has 0 radical (unpaired) electrons. The Bertz CT molecular complexity index is 803. The summed E-state index contributed by atoms with van der Waals surface area (Å²) in [5, 5.41) is 7.78. The minimum atomic E-state index is -0.191. The van der Waals surface area contributed by atoms with Gasteiger partial charge in [-0.3, -0.25) is 4.79 Å². The molecule has 24 heavy (non-hydrogen) atoms. The van der Waals surface area contributed by atoms with E-state index in [1.807, 2.05) is 23.6 Å². The predicted molar refractivity (Wildman–Crippen MR) is 95.1 cm³/mol. The summed E-state index contributed by atoms with van der Waals surface area (Å²) in [6.45, 7) is 0.601. The van der Waals surface area contributed by atoms with Crippen LogP contribution in [-0.2, 0) is 6.42 Å². The number of hydrogen-bond donors (Lipinski definition) is 2. The number of nitrogens with one attached hydrogen (secondary N) is 2. The Kier molecular flexibility index (Phi) is 5.18. The molecule has 0 aliphatic carbocycles. The van der Waals surface area contributed by atoms with E-state index < -0.39 is 0 Å². The molecule has 0 bridgehead atoms. The van der Waals surface area contributed by atoms with Crippen molar-refractivity contribution in [1.82, 2.24) is 4.98 Å². The standard InChI is InChI=1S/C18H16FN3OS/c19-15-5-2-1-4-13(15)9-10-20-14-7-8-17(21-12-14)22-18(23)16-6-3-11-24-16/h1-8,11-12,20H,9-10H2,(H,21,22,23). The quantitative estimate of drug-likeness (QED) is 0.707. The maximum Gasteiger partial charge on any atom is 0.266 e. The summed E-state index contributed by atoms with van der Waals surface area (Å²) >= 11 is 1.38. The van der Waals surface area contributed by atoms with Gasteiger partial charge in [0.1, 0.15) is 11.6 Å². The highest BCUT2D eigenvalue weighted by Crippen LogP contribution is 2.14. The second-order valence-electron chi connectivity index (χ2n) is 5.13. The van der Waals surface area contributed by atoms with E-state index in [-0.39, 0.29) is 11.7 Å². The fraction of sp³-hybridized carbons (Fsp3) is 0.111. The van der Waals surface area contributed by atoms with Gasteiger partial charge in [0.05, 0.1) is 16.8 Å². The fourth-order valence-corrected chi connectivity index (χ4v) is 2.82. The summed E-state index contributed by atoms with van der Waals surface area (Å²) in [7, 11) is 0. The Morgan fingerprint density at radius 1 is 1.12 bits per heavy atom. The second-order valence-corrected chi connectivity index (χ2v) is 6.08. The van der Waals surface area contributed by atoms with E-state index in [0.29, 0.717) is 29.2 Å². The van der Waals surface area contributed by atoms with Crippen LogP contribution in [0.5, 0.6) is 0 Å². The molecule has 1 amide bonds. The fourth-order valence-electron chi connectivity index (χ4n) is 2.20. The van der Waals surface area contributed by atoms with E-state index in [1.165, 1.54) is 17.4 Å². The van der Waals surface area contributed by atoms with Gasteiger partial charge in [-0.1, -0.05) is 24.3 Å². The molecular weight excluding hydrogens is 325 g/mol. The number of pyridine rings is 1. The van der Waals surface area contributed by atoms with Crippen molar-refractivity contribution in [2.24, 2.45) is 0 Å². The van der Waals surface area contributed by atoms with Crippen molar-refractivity contribution in [2.75, 3.05) is 17.2 Å². The highest BCUT2D eigenvalue weighted by Gasteiger charge is 2.07. The zero-order valence-corrected chi connectivity index (χ0v) is 13.6. The van der Waals surface area contributed by atoms with E-state index >= 15 is 0 Å². The van der Waals surface area contributed by atoms with E-state index in [2.05, 4.69) is 15.6 Å². The van der Waals surface area contributed by atoms with E-state index in [4.69, 9.17) is 0 Å². The molecule has 4 nitrogen and oxygen atoms in total. The number of amides is 1. The Hall–Kier alpha value is -2.73. The largest absolute Gasteiger partial charge is 0.383 e. The number of rotatable bonds is 6. The van der Waals surface area contributed by atoms with Gasteiger partial charge >= 0.3 is 0 Å². The smallest absolute Gasteiger partial charge is 0.266 e. The number of halogens is 1. The van der Waals surface area contributed by atoms with Crippen molar-refractivity contribution in [3.8, 4) is 0 Å². The van der Waals surface area contributed by atoms with Gasteiger partial charge in [0, 0.05) is 6.54 Å². The molecule has 3 rings (SSSR count). The lowest BCUT2D eigenvalue weighted by Crippen LogP contribution is -2.11. The number of benzene rings is 1. The average Bonchev–Trinajstić information content (AvgIpc) is 3.13. The minimum absolute atomic E-state index is 0.169. The number of thiophene rings is 1. The molecule has 2 heterocycles. The molecule has 6 heteroatoms. The van der Waals surface area contributed by atoms with Crippen molar-refractivity contribution in [1.29, 1.82) is 0 Å². The van der Waals surface area contributed by atoms with Crippen LogP contribution in [0.2, 0.25) is 0 Å². The first-order valence-electron chi connectivity index (χ1n) is 7.50. The number of anilines is 2. The molecule has 0 aliphatic heterocycles. The Labute approximate surface area is 143 Å². The van der Waals surface area contributed by atoms with Gasteiger partial charge in [-0.25, -0.2) is 9.37 Å². The van der Waals surface area contributed by atoms with Gasteiger partial charge < -0.3 is 10.6 Å². The molecule has 0 atom stereocenters. The summed E-state index contributed by atoms with van der Waals surface area (Å²) in [5.74, 6) is 0.134. The maximum atomic E-state index is 13.5. The minimum Gasteiger partial charge on any atom is -0.383 e. The lowest BCUT2D eigenvalue weighted by Gasteiger charge is -2.08.